The predicted molar refractivity (Wildman–Crippen MR) is 104 cm³/mol. The van der Waals surface area contributed by atoms with Crippen molar-refractivity contribution in [2.45, 2.75) is 51.7 Å². The second-order valence-corrected chi connectivity index (χ2v) is 7.04. The van der Waals surface area contributed by atoms with Crippen molar-refractivity contribution in [2.75, 3.05) is 19.8 Å². The second-order valence-electron chi connectivity index (χ2n) is 7.04. The van der Waals surface area contributed by atoms with Crippen molar-refractivity contribution in [3.8, 4) is 5.75 Å². The molecule has 152 valence electrons. The van der Waals surface area contributed by atoms with Crippen LogP contribution in [0.25, 0.3) is 0 Å². The van der Waals surface area contributed by atoms with Gasteiger partial charge in [-0.05, 0) is 32.3 Å². The van der Waals surface area contributed by atoms with Crippen LogP contribution in [0.4, 0.5) is 4.79 Å². The number of rotatable bonds is 8. The lowest BCUT2D eigenvalue weighted by Crippen LogP contribution is -2.45. The third-order valence-electron chi connectivity index (χ3n) is 4.90. The molecule has 0 radical (unpaired) electrons. The maximum Gasteiger partial charge on any atom is 0.338 e. The van der Waals surface area contributed by atoms with E-state index in [9.17, 15) is 9.59 Å². The van der Waals surface area contributed by atoms with Crippen molar-refractivity contribution < 1.29 is 23.8 Å². The number of unbranched alkanes of at least 4 members (excludes halogenated alkanes) is 1. The number of amides is 2. The first-order valence-electron chi connectivity index (χ1n) is 9.89. The van der Waals surface area contributed by atoms with E-state index in [1.165, 1.54) is 0 Å². The van der Waals surface area contributed by atoms with Gasteiger partial charge in [0.05, 0.1) is 24.3 Å². The van der Waals surface area contributed by atoms with Crippen molar-refractivity contribution in [3.05, 3.63) is 41.1 Å². The number of benzene rings is 1. The molecule has 1 saturated heterocycles. The molecule has 0 aliphatic carbocycles. The number of hydrogen-bond donors (Lipinski definition) is 2. The Labute approximate surface area is 165 Å². The number of nitrogens with one attached hydrogen (secondary N) is 2. The molecule has 7 heteroatoms. The van der Waals surface area contributed by atoms with E-state index < -0.39 is 12.0 Å². The SMILES string of the molecule is CCCCOc1ccccc1[C@@H]1NC(=O)NC(C)=C1C(=O)OC[C@@H]1CCCO1. The first-order chi connectivity index (χ1) is 13.6. The number of urea groups is 1. The van der Waals surface area contributed by atoms with E-state index in [1.807, 2.05) is 24.3 Å². The van der Waals surface area contributed by atoms with E-state index in [-0.39, 0.29) is 18.7 Å². The zero-order valence-electron chi connectivity index (χ0n) is 16.5. The van der Waals surface area contributed by atoms with Gasteiger partial charge in [-0.3, -0.25) is 0 Å². The standard InChI is InChI=1S/C21H28N2O5/c1-3-4-11-27-17-10-6-5-9-16(17)19-18(14(2)22-21(25)23-19)20(24)28-13-15-8-7-12-26-15/h5-6,9-10,15,19H,3-4,7-8,11-13H2,1-2H3,(H2,22,23,25)/t15-,19-/m0/s1. The number of hydrogen-bond acceptors (Lipinski definition) is 5. The van der Waals surface area contributed by atoms with Crippen LogP contribution >= 0.6 is 0 Å². The van der Waals surface area contributed by atoms with Crippen LogP contribution in [-0.2, 0) is 14.3 Å². The highest BCUT2D eigenvalue weighted by atomic mass is 16.6. The van der Waals surface area contributed by atoms with Gasteiger partial charge in [0, 0.05) is 17.9 Å². The molecule has 1 aromatic rings. The van der Waals surface area contributed by atoms with Crippen LogP contribution in [0.15, 0.2) is 35.5 Å². The second kappa shape index (κ2) is 9.59. The molecule has 0 unspecified atom stereocenters. The average molecular weight is 388 g/mol. The van der Waals surface area contributed by atoms with Crippen LogP contribution in [0.5, 0.6) is 5.75 Å². The van der Waals surface area contributed by atoms with Gasteiger partial charge < -0.3 is 24.8 Å². The lowest BCUT2D eigenvalue weighted by atomic mass is 9.95. The molecule has 0 saturated carbocycles. The molecule has 0 aromatic heterocycles. The Balaban J connectivity index is 1.82. The number of carbonyl (C=O) groups excluding carboxylic acids is 2. The Bertz CT molecular complexity index is 740. The summed E-state index contributed by atoms with van der Waals surface area (Å²) in [5, 5.41) is 5.50. The zero-order chi connectivity index (χ0) is 19.9. The molecule has 2 aliphatic rings. The van der Waals surface area contributed by atoms with Gasteiger partial charge in [-0.1, -0.05) is 31.5 Å². The van der Waals surface area contributed by atoms with Gasteiger partial charge in [0.15, 0.2) is 0 Å². The summed E-state index contributed by atoms with van der Waals surface area (Å²) >= 11 is 0. The molecular weight excluding hydrogens is 360 g/mol. The molecule has 1 fully saturated rings. The zero-order valence-corrected chi connectivity index (χ0v) is 16.5. The van der Waals surface area contributed by atoms with E-state index in [0.717, 1.165) is 31.2 Å². The van der Waals surface area contributed by atoms with Crippen LogP contribution in [-0.4, -0.2) is 37.9 Å². The molecule has 2 atom stereocenters. The van der Waals surface area contributed by atoms with Gasteiger partial charge in [-0.25, -0.2) is 9.59 Å². The molecule has 2 amide bonds. The third-order valence-corrected chi connectivity index (χ3v) is 4.90. The van der Waals surface area contributed by atoms with Gasteiger partial charge in [0.25, 0.3) is 0 Å². The van der Waals surface area contributed by atoms with Gasteiger partial charge in [-0.2, -0.15) is 0 Å². The first-order valence-corrected chi connectivity index (χ1v) is 9.89. The Morgan fingerprint density at radius 3 is 2.89 bits per heavy atom. The fourth-order valence-corrected chi connectivity index (χ4v) is 3.40. The van der Waals surface area contributed by atoms with Crippen LogP contribution in [0, 0.1) is 0 Å². The molecule has 28 heavy (non-hydrogen) atoms. The molecule has 3 rings (SSSR count). The highest BCUT2D eigenvalue weighted by Gasteiger charge is 2.34. The van der Waals surface area contributed by atoms with E-state index >= 15 is 0 Å². The van der Waals surface area contributed by atoms with Crippen LogP contribution in [0.2, 0.25) is 0 Å². The summed E-state index contributed by atoms with van der Waals surface area (Å²) in [6, 6.07) is 6.45. The minimum Gasteiger partial charge on any atom is -0.493 e. The van der Waals surface area contributed by atoms with Crippen LogP contribution < -0.4 is 15.4 Å². The average Bonchev–Trinajstić information content (AvgIpc) is 3.20. The molecule has 2 heterocycles. The quantitative estimate of drug-likeness (QED) is 0.528. The Kier molecular flexibility index (Phi) is 6.92. The van der Waals surface area contributed by atoms with Crippen molar-refractivity contribution in [2.24, 2.45) is 0 Å². The minimum absolute atomic E-state index is 0.0564. The largest absolute Gasteiger partial charge is 0.493 e. The highest BCUT2D eigenvalue weighted by molar-refractivity contribution is 5.95. The van der Waals surface area contributed by atoms with E-state index in [4.69, 9.17) is 14.2 Å². The van der Waals surface area contributed by atoms with Crippen molar-refractivity contribution in [1.29, 1.82) is 0 Å². The number of allylic oxidation sites excluding steroid dienone is 1. The Morgan fingerprint density at radius 2 is 2.14 bits per heavy atom. The van der Waals surface area contributed by atoms with E-state index in [1.54, 1.807) is 6.92 Å². The normalized spacial score (nSPS) is 21.9. The van der Waals surface area contributed by atoms with Crippen molar-refractivity contribution in [3.63, 3.8) is 0 Å². The van der Waals surface area contributed by atoms with Crippen LogP contribution in [0.1, 0.15) is 51.1 Å². The monoisotopic (exact) mass is 388 g/mol. The Morgan fingerprint density at radius 1 is 1.32 bits per heavy atom. The maximum atomic E-state index is 12.9. The number of carbonyl (C=O) groups is 2. The summed E-state index contributed by atoms with van der Waals surface area (Å²) in [5.74, 6) is 0.189. The lowest BCUT2D eigenvalue weighted by Gasteiger charge is -2.29. The summed E-state index contributed by atoms with van der Waals surface area (Å²) in [5.41, 5.74) is 1.59. The maximum absolute atomic E-state index is 12.9. The fraction of sp³-hybridized carbons (Fsp3) is 0.524. The molecule has 0 bridgehead atoms. The van der Waals surface area contributed by atoms with E-state index in [2.05, 4.69) is 17.6 Å². The minimum atomic E-state index is -0.636. The topological polar surface area (TPSA) is 85.9 Å². The smallest absolute Gasteiger partial charge is 0.338 e. The van der Waals surface area contributed by atoms with Crippen LogP contribution in [0.3, 0.4) is 0 Å². The van der Waals surface area contributed by atoms with E-state index in [0.29, 0.717) is 30.2 Å². The first kappa shape index (κ1) is 20.2. The van der Waals surface area contributed by atoms with Gasteiger partial charge in [0.1, 0.15) is 12.4 Å². The predicted octanol–water partition coefficient (Wildman–Crippen LogP) is 3.22. The molecule has 0 spiro atoms. The summed E-state index contributed by atoms with van der Waals surface area (Å²) in [7, 11) is 0. The third kappa shape index (κ3) is 4.84. The fourth-order valence-electron chi connectivity index (χ4n) is 3.40. The van der Waals surface area contributed by atoms with Gasteiger partial charge >= 0.3 is 12.0 Å². The molecule has 1 aromatic carbocycles. The summed E-state index contributed by atoms with van der Waals surface area (Å²) in [6.45, 7) is 5.29. The van der Waals surface area contributed by atoms with Gasteiger partial charge in [-0.15, -0.1) is 0 Å². The number of esters is 1. The Hall–Kier alpha value is -2.54. The molecule has 2 N–H and O–H groups in total. The number of para-hydroxylation sites is 1. The summed E-state index contributed by atoms with van der Waals surface area (Å²) in [6.07, 6.45) is 3.76. The van der Waals surface area contributed by atoms with Crippen molar-refractivity contribution >= 4 is 12.0 Å². The van der Waals surface area contributed by atoms with Gasteiger partial charge in [0.2, 0.25) is 0 Å². The summed E-state index contributed by atoms with van der Waals surface area (Å²) in [4.78, 5) is 25.0. The highest BCUT2D eigenvalue weighted by Crippen LogP contribution is 2.33. The van der Waals surface area contributed by atoms with Crippen molar-refractivity contribution in [1.82, 2.24) is 10.6 Å². The number of ether oxygens (including phenoxy) is 3. The summed E-state index contributed by atoms with van der Waals surface area (Å²) < 4.78 is 16.9. The molecule has 7 nitrogen and oxygen atoms in total. The molecule has 2 aliphatic heterocycles. The lowest BCUT2D eigenvalue weighted by molar-refractivity contribution is -0.142. The molecular formula is C21H28N2O5.